The van der Waals surface area contributed by atoms with E-state index in [2.05, 4.69) is 16.6 Å². The van der Waals surface area contributed by atoms with E-state index in [0.29, 0.717) is 44.1 Å². The summed E-state index contributed by atoms with van der Waals surface area (Å²) in [5.74, 6) is 0.199. The maximum Gasteiger partial charge on any atom is 0.410 e. The molecular weight excluding hydrogens is 418 g/mol. The fraction of sp³-hybridized carbons (Fsp3) is 0.538. The molecule has 180 valence electrons. The first-order chi connectivity index (χ1) is 15.5. The zero-order valence-electron chi connectivity index (χ0n) is 20.8. The lowest BCUT2D eigenvalue weighted by Gasteiger charge is -2.49. The molecule has 1 amide bonds. The van der Waals surface area contributed by atoms with Crippen LogP contribution in [0.5, 0.6) is 5.75 Å². The van der Waals surface area contributed by atoms with Crippen molar-refractivity contribution in [3.63, 3.8) is 0 Å². The number of benzene rings is 1. The van der Waals surface area contributed by atoms with Gasteiger partial charge in [-0.3, -0.25) is 9.89 Å². The first-order valence-corrected chi connectivity index (χ1v) is 11.4. The van der Waals surface area contributed by atoms with Crippen LogP contribution in [0.4, 0.5) is 4.79 Å². The van der Waals surface area contributed by atoms with Gasteiger partial charge in [0.2, 0.25) is 0 Å². The third kappa shape index (κ3) is 5.58. The highest BCUT2D eigenvalue weighted by Crippen LogP contribution is 2.34. The third-order valence-corrected chi connectivity index (χ3v) is 6.21. The van der Waals surface area contributed by atoms with Crippen molar-refractivity contribution >= 4 is 18.5 Å². The summed E-state index contributed by atoms with van der Waals surface area (Å²) in [5.41, 5.74) is 3.37. The van der Waals surface area contributed by atoms with Gasteiger partial charge in [0.25, 0.3) is 0 Å². The Kier molecular flexibility index (Phi) is 7.22. The topological polar surface area (TPSA) is 74.6 Å². The number of rotatable bonds is 4. The SMILES string of the molecule is C=N/C(=C\C=C(/C)N1CCN(C(=O)OC(C)(C)C)C2(CCOC2)C1)c1c(C)cc(C)cc1O. The van der Waals surface area contributed by atoms with Gasteiger partial charge < -0.3 is 19.5 Å². The number of phenols is 1. The van der Waals surface area contributed by atoms with Gasteiger partial charge in [0.15, 0.2) is 0 Å². The Morgan fingerprint density at radius 2 is 2.00 bits per heavy atom. The first kappa shape index (κ1) is 24.8. The number of allylic oxidation sites excluding steroid dienone is 3. The minimum Gasteiger partial charge on any atom is -0.507 e. The lowest BCUT2D eigenvalue weighted by Crippen LogP contribution is -2.64. The maximum atomic E-state index is 12.9. The molecule has 1 atom stereocenters. The summed E-state index contributed by atoms with van der Waals surface area (Å²) < 4.78 is 11.4. The molecule has 1 unspecified atom stereocenters. The van der Waals surface area contributed by atoms with Gasteiger partial charge in [-0.1, -0.05) is 6.07 Å². The minimum atomic E-state index is -0.538. The number of hydrogen-bond donors (Lipinski definition) is 1. The Labute approximate surface area is 197 Å². The van der Waals surface area contributed by atoms with Crippen molar-refractivity contribution in [1.82, 2.24) is 9.80 Å². The van der Waals surface area contributed by atoms with Crippen LogP contribution >= 0.6 is 0 Å². The van der Waals surface area contributed by atoms with Crippen LogP contribution in [0.25, 0.3) is 5.70 Å². The Balaban J connectivity index is 1.83. The lowest BCUT2D eigenvalue weighted by molar-refractivity contribution is -0.0312. The van der Waals surface area contributed by atoms with Crippen molar-refractivity contribution in [2.45, 2.75) is 59.1 Å². The summed E-state index contributed by atoms with van der Waals surface area (Å²) in [6, 6.07) is 3.75. The van der Waals surface area contributed by atoms with Gasteiger partial charge in [-0.2, -0.15) is 0 Å². The molecular formula is C26H37N3O4. The van der Waals surface area contributed by atoms with E-state index < -0.39 is 11.1 Å². The van der Waals surface area contributed by atoms with E-state index >= 15 is 0 Å². The number of aliphatic imine (C=N–C) groups is 1. The molecule has 0 aromatic heterocycles. The van der Waals surface area contributed by atoms with Crippen LogP contribution in [0.1, 0.15) is 50.8 Å². The number of aryl methyl sites for hydroxylation is 2. The monoisotopic (exact) mass is 455 g/mol. The molecule has 2 heterocycles. The average Bonchev–Trinajstić information content (AvgIpc) is 3.16. The Morgan fingerprint density at radius 1 is 1.27 bits per heavy atom. The van der Waals surface area contributed by atoms with Crippen molar-refractivity contribution in [2.75, 3.05) is 32.8 Å². The van der Waals surface area contributed by atoms with Crippen LogP contribution in [0.3, 0.4) is 0 Å². The fourth-order valence-corrected chi connectivity index (χ4v) is 4.61. The second-order valence-electron chi connectivity index (χ2n) is 10.1. The Bertz CT molecular complexity index is 945. The van der Waals surface area contributed by atoms with Gasteiger partial charge >= 0.3 is 6.09 Å². The molecule has 3 rings (SSSR count). The van der Waals surface area contributed by atoms with Gasteiger partial charge in [-0.15, -0.1) is 0 Å². The van der Waals surface area contributed by atoms with Crippen LogP contribution in [0, 0.1) is 13.8 Å². The zero-order valence-corrected chi connectivity index (χ0v) is 20.8. The summed E-state index contributed by atoms with van der Waals surface area (Å²) in [6.45, 7) is 18.4. The van der Waals surface area contributed by atoms with Gasteiger partial charge in [-0.25, -0.2) is 4.79 Å². The minimum absolute atomic E-state index is 0.199. The smallest absolute Gasteiger partial charge is 0.410 e. The summed E-state index contributed by atoms with van der Waals surface area (Å²) in [7, 11) is 0. The van der Waals surface area contributed by atoms with Crippen molar-refractivity contribution in [3.05, 3.63) is 46.7 Å². The highest BCUT2D eigenvalue weighted by Gasteiger charge is 2.48. The molecule has 2 fully saturated rings. The van der Waals surface area contributed by atoms with E-state index in [4.69, 9.17) is 9.47 Å². The van der Waals surface area contributed by atoms with Crippen LogP contribution < -0.4 is 0 Å². The van der Waals surface area contributed by atoms with Gasteiger partial charge in [0.05, 0.1) is 17.8 Å². The predicted molar refractivity (Wildman–Crippen MR) is 132 cm³/mol. The van der Waals surface area contributed by atoms with E-state index in [1.165, 1.54) is 0 Å². The molecule has 2 saturated heterocycles. The molecule has 0 aliphatic carbocycles. The highest BCUT2D eigenvalue weighted by molar-refractivity contribution is 5.76. The summed E-state index contributed by atoms with van der Waals surface area (Å²) in [4.78, 5) is 21.2. The van der Waals surface area contributed by atoms with E-state index in [9.17, 15) is 9.90 Å². The molecule has 2 aliphatic rings. The highest BCUT2D eigenvalue weighted by atomic mass is 16.6. The van der Waals surface area contributed by atoms with E-state index in [1.807, 2.05) is 64.7 Å². The second kappa shape index (κ2) is 9.59. The van der Waals surface area contributed by atoms with Crippen molar-refractivity contribution < 1.29 is 19.4 Å². The van der Waals surface area contributed by atoms with E-state index in [0.717, 1.165) is 23.2 Å². The molecule has 0 bridgehead atoms. The van der Waals surface area contributed by atoms with Crippen molar-refractivity contribution in [3.8, 4) is 5.75 Å². The average molecular weight is 456 g/mol. The number of phenolic OH excluding ortho intramolecular Hbond substituents is 1. The number of ether oxygens (including phenoxy) is 2. The van der Waals surface area contributed by atoms with Crippen molar-refractivity contribution in [2.24, 2.45) is 4.99 Å². The fourth-order valence-electron chi connectivity index (χ4n) is 4.61. The summed E-state index contributed by atoms with van der Waals surface area (Å²) in [5, 5.41) is 10.5. The Morgan fingerprint density at radius 3 is 2.58 bits per heavy atom. The van der Waals surface area contributed by atoms with E-state index in [-0.39, 0.29) is 11.8 Å². The molecule has 0 radical (unpaired) electrons. The maximum absolute atomic E-state index is 12.9. The number of carbonyl (C=O) groups excluding carboxylic acids is 1. The number of aromatic hydroxyl groups is 1. The van der Waals surface area contributed by atoms with Gasteiger partial charge in [0.1, 0.15) is 11.4 Å². The number of amides is 1. The summed E-state index contributed by atoms with van der Waals surface area (Å²) in [6.07, 6.45) is 4.38. The van der Waals surface area contributed by atoms with Crippen LogP contribution in [-0.2, 0) is 9.47 Å². The summed E-state index contributed by atoms with van der Waals surface area (Å²) >= 11 is 0. The molecule has 1 aromatic carbocycles. The number of piperazine rings is 1. The van der Waals surface area contributed by atoms with Crippen LogP contribution in [-0.4, -0.2) is 71.7 Å². The number of nitrogens with zero attached hydrogens (tertiary/aromatic N) is 3. The number of hydrogen-bond acceptors (Lipinski definition) is 6. The second-order valence-corrected chi connectivity index (χ2v) is 10.1. The quantitative estimate of drug-likeness (QED) is 0.528. The molecule has 33 heavy (non-hydrogen) atoms. The van der Waals surface area contributed by atoms with Gasteiger partial charge in [-0.05, 0) is 84.0 Å². The van der Waals surface area contributed by atoms with Gasteiger partial charge in [0, 0.05) is 37.5 Å². The van der Waals surface area contributed by atoms with E-state index in [1.54, 1.807) is 6.07 Å². The van der Waals surface area contributed by atoms with Crippen LogP contribution in [0.2, 0.25) is 0 Å². The molecule has 1 spiro atoms. The Hall–Kier alpha value is -2.80. The third-order valence-electron chi connectivity index (χ3n) is 6.21. The molecule has 7 nitrogen and oxygen atoms in total. The molecule has 1 N–H and O–H groups in total. The molecule has 7 heteroatoms. The number of carbonyl (C=O) groups is 1. The van der Waals surface area contributed by atoms with Crippen LogP contribution in [0.15, 0.2) is 35.0 Å². The normalized spacial score (nSPS) is 22.1. The molecule has 1 aromatic rings. The standard InChI is InChI=1S/C26H37N3O4/c1-18-14-19(2)23(22(30)15-18)21(27-7)9-8-20(3)28-11-12-29(24(31)33-25(4,5)6)26(16-28)10-13-32-17-26/h8-9,14-15,30H,7,10-13,16-17H2,1-6H3/b20-8+,21-9-. The molecule has 0 saturated carbocycles. The van der Waals surface area contributed by atoms with Crippen molar-refractivity contribution in [1.29, 1.82) is 0 Å². The molecule has 2 aliphatic heterocycles. The lowest BCUT2D eigenvalue weighted by atomic mass is 9.92. The first-order valence-electron chi connectivity index (χ1n) is 11.4. The predicted octanol–water partition coefficient (Wildman–Crippen LogP) is 4.67. The zero-order chi connectivity index (χ0) is 24.4. The largest absolute Gasteiger partial charge is 0.507 e.